The van der Waals surface area contributed by atoms with Crippen molar-refractivity contribution in [1.82, 2.24) is 0 Å². The fraction of sp³-hybridized carbons (Fsp3) is 0.250. The van der Waals surface area contributed by atoms with Gasteiger partial charge in [0.15, 0.2) is 0 Å². The van der Waals surface area contributed by atoms with Crippen LogP contribution < -0.4 is 0 Å². The van der Waals surface area contributed by atoms with Gasteiger partial charge in [0.1, 0.15) is 0 Å². The Morgan fingerprint density at radius 2 is 1.22 bits per heavy atom. The molecule has 120 valence electrons. The van der Waals surface area contributed by atoms with Gasteiger partial charge in [-0.15, -0.1) is 36.6 Å². The molecule has 0 spiro atoms. The third kappa shape index (κ3) is 8.08. The Bertz CT molecular complexity index is 563. The van der Waals surface area contributed by atoms with Gasteiger partial charge in [-0.2, -0.15) is 0 Å². The maximum absolute atomic E-state index is 7.13. The van der Waals surface area contributed by atoms with Crippen molar-refractivity contribution in [2.45, 2.75) is 9.88 Å². The quantitative estimate of drug-likeness (QED) is 0.332. The normalized spacial score (nSPS) is 11.5. The van der Waals surface area contributed by atoms with Gasteiger partial charge in [-0.05, 0) is 11.1 Å². The van der Waals surface area contributed by atoms with Crippen molar-refractivity contribution in [3.05, 3.63) is 46.0 Å². The van der Waals surface area contributed by atoms with Gasteiger partial charge in [-0.25, -0.2) is 10.5 Å². The average Bonchev–Trinajstić information content (AvgIpc) is 2.57. The van der Waals surface area contributed by atoms with Crippen LogP contribution in [-0.4, -0.2) is 34.2 Å². The van der Waals surface area contributed by atoms with E-state index in [9.17, 15) is 0 Å². The van der Waals surface area contributed by atoms with Crippen molar-refractivity contribution < 1.29 is 0 Å². The predicted molar refractivity (Wildman–Crippen MR) is 104 cm³/mol. The van der Waals surface area contributed by atoms with Gasteiger partial charge in [0, 0.05) is 0 Å². The summed E-state index contributed by atoms with van der Waals surface area (Å²) in [5.74, 6) is 0. The first kappa shape index (κ1) is 21.5. The molecule has 3 rings (SSSR count). The van der Waals surface area contributed by atoms with Crippen molar-refractivity contribution >= 4 is 69.9 Å². The predicted octanol–water partition coefficient (Wildman–Crippen LogP) is 4.57. The Morgan fingerprint density at radius 3 is 1.52 bits per heavy atom. The first-order valence-corrected chi connectivity index (χ1v) is 13.2. The molecule has 0 aliphatic carbocycles. The molecular weight excluding hydrogens is 431 g/mol. The van der Waals surface area contributed by atoms with Gasteiger partial charge in [0.2, 0.25) is 0 Å². The molecule has 0 aromatic heterocycles. The Hall–Kier alpha value is -1.48. The molecule has 0 saturated carbocycles. The molecule has 23 heavy (non-hydrogen) atoms. The van der Waals surface area contributed by atoms with Crippen LogP contribution in [0.15, 0.2) is 24.3 Å². The average molecular weight is 447 g/mol. The molecule has 0 fully saturated rings. The van der Waals surface area contributed by atoms with Gasteiger partial charge in [-0.1, -0.05) is 35.1 Å². The minimum absolute atomic E-state index is 0.230. The molecule has 7 heteroatoms. The van der Waals surface area contributed by atoms with Gasteiger partial charge >= 0.3 is 31.0 Å². The molecule has 0 N–H and O–H groups in total. The number of hydrogen-bond acceptors (Lipinski definition) is 4. The Labute approximate surface area is 159 Å². The molecule has 2 radical (unpaired) electrons. The summed E-state index contributed by atoms with van der Waals surface area (Å²) < 4.78 is 0. The summed E-state index contributed by atoms with van der Waals surface area (Å²) in [6.07, 6.45) is 8.40. The van der Waals surface area contributed by atoms with Crippen molar-refractivity contribution in [3.63, 3.8) is 0 Å². The molecular formula is C16H16N4S2Sn-4. The molecule has 4 nitrogen and oxygen atoms in total. The van der Waals surface area contributed by atoms with E-state index >= 15 is 0 Å². The monoisotopic (exact) mass is 448 g/mol. The molecule has 1 aromatic carbocycles. The third-order valence-corrected chi connectivity index (χ3v) is 2.52. The topological polar surface area (TPSA) is 75.8 Å². The number of hydrogen-bond donors (Lipinski definition) is 0. The Balaban J connectivity index is 0.000000457. The van der Waals surface area contributed by atoms with E-state index in [1.807, 2.05) is 0 Å². The van der Waals surface area contributed by atoms with Gasteiger partial charge in [0.05, 0.1) is 0 Å². The zero-order chi connectivity index (χ0) is 17.5. The van der Waals surface area contributed by atoms with E-state index in [1.54, 1.807) is 0 Å². The SMILES string of the molecule is C1=Cc2ccc3c(c2[N-]C1)[N-]CC=C3.N#C[S-].N#C[S-].[CH3][Sn][CH3]. The van der Waals surface area contributed by atoms with Crippen LogP contribution in [-0.2, 0) is 25.3 Å². The fourth-order valence-corrected chi connectivity index (χ4v) is 1.86. The maximum atomic E-state index is 7.13. The number of fused-ring (bicyclic) bond motifs is 3. The summed E-state index contributed by atoms with van der Waals surface area (Å²) in [5.41, 5.74) is 4.51. The van der Waals surface area contributed by atoms with Crippen LogP contribution in [0.5, 0.6) is 0 Å². The summed E-state index contributed by atoms with van der Waals surface area (Å²) >= 11 is 7.63. The summed E-state index contributed by atoms with van der Waals surface area (Å²) in [7, 11) is 0. The Morgan fingerprint density at radius 1 is 0.913 bits per heavy atom. The standard InChI is InChI=1S/C12H10N2.2CHNS.2CH3.Sn/c1-3-9-5-6-10-4-2-8-14-12(10)11(9)13-7-1;2*2-1-3;;;/h1-6H,7-8H2;2*3H;2*1H3;/q-2;;;;;/p-2. The van der Waals surface area contributed by atoms with E-state index in [-0.39, 0.29) is 21.1 Å². The molecule has 0 saturated heterocycles. The fourth-order valence-electron chi connectivity index (χ4n) is 1.86. The first-order chi connectivity index (χ1) is 11.2. The van der Waals surface area contributed by atoms with Crippen LogP contribution in [0.25, 0.3) is 22.8 Å². The number of nitriles is 2. The van der Waals surface area contributed by atoms with Crippen LogP contribution in [0.3, 0.4) is 0 Å². The van der Waals surface area contributed by atoms with E-state index in [0.29, 0.717) is 0 Å². The van der Waals surface area contributed by atoms with Crippen LogP contribution in [0, 0.1) is 21.3 Å². The number of rotatable bonds is 0. The summed E-state index contributed by atoms with van der Waals surface area (Å²) in [6, 6.07) is 4.22. The van der Waals surface area contributed by atoms with Crippen molar-refractivity contribution in [2.75, 3.05) is 13.1 Å². The van der Waals surface area contributed by atoms with Crippen molar-refractivity contribution in [3.8, 4) is 10.8 Å². The number of benzene rings is 1. The van der Waals surface area contributed by atoms with E-state index in [0.717, 1.165) is 24.5 Å². The van der Waals surface area contributed by atoms with Gasteiger partial charge in [0.25, 0.3) is 0 Å². The molecule has 1 aromatic rings. The van der Waals surface area contributed by atoms with E-state index in [4.69, 9.17) is 10.5 Å². The zero-order valence-electron chi connectivity index (χ0n) is 13.0. The molecule has 0 unspecified atom stereocenters. The zero-order valence-corrected chi connectivity index (χ0v) is 17.5. The van der Waals surface area contributed by atoms with Crippen LogP contribution >= 0.6 is 0 Å². The summed E-state index contributed by atoms with van der Waals surface area (Å²) in [6.45, 7) is 1.56. The minimum atomic E-state index is 0.230. The molecule has 0 bridgehead atoms. The second kappa shape index (κ2) is 14.1. The molecule has 2 aliphatic rings. The van der Waals surface area contributed by atoms with E-state index in [2.05, 4.69) is 82.2 Å². The van der Waals surface area contributed by atoms with Gasteiger partial charge < -0.3 is 35.9 Å². The third-order valence-electron chi connectivity index (χ3n) is 2.52. The molecule has 2 aliphatic heterocycles. The second-order valence-electron chi connectivity index (χ2n) is 4.11. The number of nitrogens with zero attached hydrogens (tertiary/aromatic N) is 4. The second-order valence-corrected chi connectivity index (χ2v) is 7.33. The van der Waals surface area contributed by atoms with Gasteiger partial charge in [-0.3, -0.25) is 0 Å². The van der Waals surface area contributed by atoms with Crippen molar-refractivity contribution in [1.29, 1.82) is 10.5 Å². The van der Waals surface area contributed by atoms with Crippen molar-refractivity contribution in [2.24, 2.45) is 0 Å². The van der Waals surface area contributed by atoms with Crippen LogP contribution in [0.2, 0.25) is 9.88 Å². The number of thiocyanates is 2. The van der Waals surface area contributed by atoms with Crippen LogP contribution in [0.1, 0.15) is 11.1 Å². The summed E-state index contributed by atoms with van der Waals surface area (Å²) in [4.78, 5) is 4.59. The molecule has 0 atom stereocenters. The van der Waals surface area contributed by atoms with E-state index in [1.165, 1.54) is 21.9 Å². The van der Waals surface area contributed by atoms with Crippen LogP contribution in [0.4, 0.5) is 11.4 Å². The molecule has 0 amide bonds. The molecule has 2 heterocycles. The summed E-state index contributed by atoms with van der Waals surface area (Å²) in [5, 5.41) is 25.9. The first-order valence-electron chi connectivity index (χ1n) is 6.66. The van der Waals surface area contributed by atoms with E-state index < -0.39 is 0 Å². The Kier molecular flexibility index (Phi) is 13.2.